The van der Waals surface area contributed by atoms with E-state index in [9.17, 15) is 14.4 Å². The summed E-state index contributed by atoms with van der Waals surface area (Å²) >= 11 is 7.37. The van der Waals surface area contributed by atoms with E-state index in [1.54, 1.807) is 24.3 Å². The van der Waals surface area contributed by atoms with E-state index in [2.05, 4.69) is 31.9 Å². The highest BCUT2D eigenvalue weighted by Gasteiger charge is 2.66. The number of nitrogens with zero attached hydrogens (tertiary/aromatic N) is 1. The van der Waals surface area contributed by atoms with Gasteiger partial charge in [-0.15, -0.1) is 0 Å². The average molecular weight is 509 g/mol. The van der Waals surface area contributed by atoms with Crippen molar-refractivity contribution in [3.05, 3.63) is 48.4 Å². The Labute approximate surface area is 177 Å². The third-order valence-corrected chi connectivity index (χ3v) is 9.20. The molecule has 1 saturated heterocycles. The monoisotopic (exact) mass is 507 g/mol. The molecule has 8 heteroatoms. The summed E-state index contributed by atoms with van der Waals surface area (Å²) in [5.41, 5.74) is 0.422. The van der Waals surface area contributed by atoms with Crippen molar-refractivity contribution in [3.63, 3.8) is 0 Å². The Kier molecular flexibility index (Phi) is 4.24. The molecular weight excluding hydrogens is 494 g/mol. The molecule has 0 radical (unpaired) electrons. The molecule has 6 nitrogen and oxygen atoms in total. The van der Waals surface area contributed by atoms with Gasteiger partial charge in [-0.2, -0.15) is 0 Å². The van der Waals surface area contributed by atoms with Crippen molar-refractivity contribution in [2.24, 2.45) is 23.7 Å². The molecule has 6 atom stereocenters. The summed E-state index contributed by atoms with van der Waals surface area (Å²) in [6.45, 7) is 0. The van der Waals surface area contributed by atoms with Gasteiger partial charge < -0.3 is 9.15 Å². The summed E-state index contributed by atoms with van der Waals surface area (Å²) in [4.78, 5) is 39.9. The predicted octanol–water partition coefficient (Wildman–Crippen LogP) is 3.78. The second-order valence-electron chi connectivity index (χ2n) is 7.38. The van der Waals surface area contributed by atoms with Gasteiger partial charge in [-0.3, -0.25) is 9.59 Å². The number of rotatable bonds is 3. The summed E-state index contributed by atoms with van der Waals surface area (Å²) < 4.78 is 10.3. The molecule has 2 aromatic rings. The number of esters is 1. The molecule has 2 bridgehead atoms. The third kappa shape index (κ3) is 2.54. The largest absolute Gasteiger partial charge is 0.457 e. The average Bonchev–Trinajstić information content (AvgIpc) is 3.43. The highest BCUT2D eigenvalue weighted by molar-refractivity contribution is 9.12. The van der Waals surface area contributed by atoms with Crippen LogP contribution in [-0.2, 0) is 9.59 Å². The van der Waals surface area contributed by atoms with Crippen LogP contribution in [0.1, 0.15) is 17.0 Å². The van der Waals surface area contributed by atoms with Crippen LogP contribution >= 0.6 is 31.9 Å². The van der Waals surface area contributed by atoms with Crippen molar-refractivity contribution < 1.29 is 23.5 Å². The minimum absolute atomic E-state index is 0.0801. The maximum absolute atomic E-state index is 13.1. The van der Waals surface area contributed by atoms with E-state index in [1.807, 2.05) is 0 Å². The SMILES string of the molecule is O=C(Oc1cccc(N2C(=O)[C@@H]3[C@H]4C[C@@H]([C@H](Br)[C@H]4Br)[C@@H]3C2=O)c1)c1ccco1. The smallest absolute Gasteiger partial charge is 0.379 e. The molecule has 0 N–H and O–H groups in total. The number of carbonyl (C=O) groups excluding carboxylic acids is 3. The molecule has 1 aliphatic heterocycles. The van der Waals surface area contributed by atoms with Gasteiger partial charge in [0.05, 0.1) is 23.8 Å². The maximum atomic E-state index is 13.1. The molecular formula is C20H15Br2NO5. The lowest BCUT2D eigenvalue weighted by atomic mass is 9.81. The Morgan fingerprint density at radius 2 is 1.71 bits per heavy atom. The molecule has 0 unspecified atom stereocenters. The number of amides is 2. The number of ether oxygens (including phenoxy) is 1. The number of fused-ring (bicyclic) bond motifs is 5. The van der Waals surface area contributed by atoms with Crippen molar-refractivity contribution >= 4 is 55.3 Å². The Morgan fingerprint density at radius 1 is 1.04 bits per heavy atom. The fourth-order valence-electron chi connectivity index (χ4n) is 4.84. The van der Waals surface area contributed by atoms with Crippen molar-refractivity contribution in [3.8, 4) is 5.75 Å². The summed E-state index contributed by atoms with van der Waals surface area (Å²) in [6.07, 6.45) is 2.27. The topological polar surface area (TPSA) is 76.8 Å². The zero-order valence-corrected chi connectivity index (χ0v) is 17.6. The van der Waals surface area contributed by atoms with Crippen LogP contribution in [0.25, 0.3) is 0 Å². The molecule has 2 saturated carbocycles. The number of hydrogen-bond donors (Lipinski definition) is 0. The molecule has 2 heterocycles. The quantitative estimate of drug-likeness (QED) is 0.273. The van der Waals surface area contributed by atoms with Crippen molar-refractivity contribution in [1.82, 2.24) is 0 Å². The van der Waals surface area contributed by atoms with Crippen molar-refractivity contribution in [2.75, 3.05) is 4.90 Å². The first kappa shape index (κ1) is 18.1. The van der Waals surface area contributed by atoms with Crippen LogP contribution in [0.15, 0.2) is 47.1 Å². The second-order valence-corrected chi connectivity index (χ2v) is 9.49. The fraction of sp³-hybridized carbons (Fsp3) is 0.350. The number of imide groups is 1. The first-order valence-corrected chi connectivity index (χ1v) is 10.8. The Morgan fingerprint density at radius 3 is 2.32 bits per heavy atom. The first-order chi connectivity index (χ1) is 13.5. The number of carbonyl (C=O) groups is 3. The van der Waals surface area contributed by atoms with Gasteiger partial charge in [-0.25, -0.2) is 9.69 Å². The van der Waals surface area contributed by atoms with Gasteiger partial charge in [0, 0.05) is 15.7 Å². The lowest BCUT2D eigenvalue weighted by molar-refractivity contribution is -0.123. The Balaban J connectivity index is 1.42. The third-order valence-electron chi connectivity index (χ3n) is 6.00. The van der Waals surface area contributed by atoms with E-state index in [-0.39, 0.29) is 56.7 Å². The standard InChI is InChI=1S/C20H15Br2NO5/c21-16-11-8-12(17(16)22)15-14(11)18(24)23(19(15)25)9-3-1-4-10(7-9)28-20(26)13-5-2-6-27-13/h1-7,11-12,14-17H,8H2/t11-,12-,14-,15+,16+,17+/m1/s1. The van der Waals surface area contributed by atoms with Crippen LogP contribution < -0.4 is 9.64 Å². The molecule has 1 aromatic carbocycles. The van der Waals surface area contributed by atoms with Gasteiger partial charge in [0.15, 0.2) is 0 Å². The van der Waals surface area contributed by atoms with E-state index < -0.39 is 5.97 Å². The zero-order valence-electron chi connectivity index (χ0n) is 14.5. The Hall–Kier alpha value is -1.93. The number of anilines is 1. The molecule has 5 rings (SSSR count). The fourth-order valence-corrected chi connectivity index (χ4v) is 6.71. The molecule has 2 aliphatic carbocycles. The van der Waals surface area contributed by atoms with Crippen LogP contribution in [0.2, 0.25) is 0 Å². The minimum atomic E-state index is -0.639. The number of alkyl halides is 2. The first-order valence-electron chi connectivity index (χ1n) is 8.99. The lowest BCUT2D eigenvalue weighted by Crippen LogP contribution is -2.37. The van der Waals surface area contributed by atoms with Gasteiger partial charge >= 0.3 is 5.97 Å². The maximum Gasteiger partial charge on any atom is 0.379 e. The number of hydrogen-bond acceptors (Lipinski definition) is 5. The van der Waals surface area contributed by atoms with E-state index in [4.69, 9.17) is 9.15 Å². The zero-order chi connectivity index (χ0) is 19.6. The minimum Gasteiger partial charge on any atom is -0.457 e. The van der Waals surface area contributed by atoms with Gasteiger partial charge in [0.25, 0.3) is 0 Å². The molecule has 0 spiro atoms. The summed E-state index contributed by atoms with van der Waals surface area (Å²) in [5.74, 6) is -0.911. The molecule has 28 heavy (non-hydrogen) atoms. The molecule has 144 valence electrons. The summed E-state index contributed by atoms with van der Waals surface area (Å²) in [7, 11) is 0. The molecule has 3 fully saturated rings. The van der Waals surface area contributed by atoms with Gasteiger partial charge in [0.1, 0.15) is 5.75 Å². The number of benzene rings is 1. The van der Waals surface area contributed by atoms with E-state index >= 15 is 0 Å². The van der Waals surface area contributed by atoms with Gasteiger partial charge in [-0.05, 0) is 42.5 Å². The van der Waals surface area contributed by atoms with Crippen LogP contribution in [0.3, 0.4) is 0 Å². The van der Waals surface area contributed by atoms with Gasteiger partial charge in [-0.1, -0.05) is 37.9 Å². The summed E-state index contributed by atoms with van der Waals surface area (Å²) in [5, 5.41) is 0. The van der Waals surface area contributed by atoms with Crippen molar-refractivity contribution in [2.45, 2.75) is 16.1 Å². The van der Waals surface area contributed by atoms with E-state index in [0.29, 0.717) is 5.69 Å². The van der Waals surface area contributed by atoms with E-state index in [1.165, 1.54) is 23.3 Å². The molecule has 1 aromatic heterocycles. The van der Waals surface area contributed by atoms with Crippen LogP contribution in [0.5, 0.6) is 5.75 Å². The number of furan rings is 1. The summed E-state index contributed by atoms with van der Waals surface area (Å²) in [6, 6.07) is 9.57. The highest BCUT2D eigenvalue weighted by atomic mass is 79.9. The van der Waals surface area contributed by atoms with Crippen LogP contribution in [0.4, 0.5) is 5.69 Å². The second kappa shape index (κ2) is 6.56. The molecule has 2 amide bonds. The van der Waals surface area contributed by atoms with Gasteiger partial charge in [0.2, 0.25) is 17.6 Å². The van der Waals surface area contributed by atoms with E-state index in [0.717, 1.165) is 6.42 Å². The normalized spacial score (nSPS) is 33.4. The van der Waals surface area contributed by atoms with Crippen molar-refractivity contribution in [1.29, 1.82) is 0 Å². The Bertz CT molecular complexity index is 943. The predicted molar refractivity (Wildman–Crippen MR) is 107 cm³/mol. The van der Waals surface area contributed by atoms with Crippen LogP contribution in [0, 0.1) is 23.7 Å². The van der Waals surface area contributed by atoms with Crippen LogP contribution in [-0.4, -0.2) is 27.4 Å². The highest BCUT2D eigenvalue weighted by Crippen LogP contribution is 2.60. The molecule has 3 aliphatic rings. The number of halogens is 2. The lowest BCUT2D eigenvalue weighted by Gasteiger charge is -2.28.